The highest BCUT2D eigenvalue weighted by Crippen LogP contribution is 2.51. The minimum absolute atomic E-state index is 0.0869. The predicted molar refractivity (Wildman–Crippen MR) is 152 cm³/mol. The summed E-state index contributed by atoms with van der Waals surface area (Å²) in [5.74, 6) is 0.617. The Morgan fingerprint density at radius 2 is 1.73 bits per heavy atom. The summed E-state index contributed by atoms with van der Waals surface area (Å²) in [4.78, 5) is 13.4. The Hall–Kier alpha value is -4.31. The summed E-state index contributed by atoms with van der Waals surface area (Å²) in [5, 5.41) is 9.51. The Balaban J connectivity index is 1.32. The van der Waals surface area contributed by atoms with E-state index in [0.29, 0.717) is 17.4 Å². The third-order valence-corrected chi connectivity index (χ3v) is 8.14. The molecule has 4 aromatic carbocycles. The lowest BCUT2D eigenvalue weighted by Gasteiger charge is -2.38. The second-order valence-electron chi connectivity index (χ2n) is 10.1. The van der Waals surface area contributed by atoms with Crippen LogP contribution in [0.25, 0.3) is 21.8 Å². The van der Waals surface area contributed by atoms with Crippen molar-refractivity contribution < 1.29 is 4.79 Å². The predicted octanol–water partition coefficient (Wildman–Crippen LogP) is 7.89. The molecule has 7 rings (SSSR count). The highest BCUT2D eigenvalue weighted by molar-refractivity contribution is 6.09. The number of nitrogens with one attached hydrogen (secondary N) is 2. The van der Waals surface area contributed by atoms with Crippen molar-refractivity contribution in [3.8, 4) is 0 Å². The molecule has 0 saturated carbocycles. The number of carbonyl (C=O) groups excluding carboxylic acids is 1. The molecule has 2 aliphatic rings. The number of carbonyl (C=O) groups is 1. The molecule has 0 fully saturated rings. The van der Waals surface area contributed by atoms with Crippen molar-refractivity contribution in [2.75, 3.05) is 10.6 Å². The van der Waals surface area contributed by atoms with Crippen LogP contribution in [0, 0.1) is 5.92 Å². The van der Waals surface area contributed by atoms with Crippen LogP contribution in [0.1, 0.15) is 46.8 Å². The molecule has 182 valence electrons. The van der Waals surface area contributed by atoms with Gasteiger partial charge in [0.05, 0.1) is 17.3 Å². The summed E-state index contributed by atoms with van der Waals surface area (Å²) >= 11 is 0. The van der Waals surface area contributed by atoms with Crippen molar-refractivity contribution in [2.45, 2.75) is 31.8 Å². The zero-order valence-corrected chi connectivity index (χ0v) is 20.8. The number of anilines is 2. The number of fused-ring (bicyclic) bond motifs is 6. The van der Waals surface area contributed by atoms with E-state index in [9.17, 15) is 4.79 Å². The first-order valence-corrected chi connectivity index (χ1v) is 13.2. The number of nitrogens with zero attached hydrogens (tertiary/aromatic N) is 1. The zero-order valence-electron chi connectivity index (χ0n) is 20.8. The van der Waals surface area contributed by atoms with Gasteiger partial charge in [0.1, 0.15) is 0 Å². The molecule has 2 N–H and O–H groups in total. The molecule has 1 amide bonds. The van der Waals surface area contributed by atoms with Crippen LogP contribution in [0.15, 0.2) is 103 Å². The average molecular weight is 484 g/mol. The Morgan fingerprint density at radius 1 is 0.919 bits per heavy atom. The van der Waals surface area contributed by atoms with Gasteiger partial charge in [-0.3, -0.25) is 4.79 Å². The van der Waals surface area contributed by atoms with Crippen molar-refractivity contribution in [2.24, 2.45) is 5.92 Å². The first kappa shape index (κ1) is 21.9. The molecule has 3 unspecified atom stereocenters. The first-order chi connectivity index (χ1) is 18.2. The van der Waals surface area contributed by atoms with Crippen LogP contribution in [0.4, 0.5) is 11.4 Å². The number of allylic oxidation sites excluding steroid dienone is 2. The van der Waals surface area contributed by atoms with E-state index in [-0.39, 0.29) is 11.9 Å². The average Bonchev–Trinajstić information content (AvgIpc) is 3.56. The molecule has 3 atom stereocenters. The van der Waals surface area contributed by atoms with Gasteiger partial charge in [-0.05, 0) is 66.8 Å². The molecular weight excluding hydrogens is 454 g/mol. The van der Waals surface area contributed by atoms with Gasteiger partial charge in [0.25, 0.3) is 5.91 Å². The molecule has 5 aromatic rings. The van der Waals surface area contributed by atoms with E-state index in [1.54, 1.807) is 0 Å². The van der Waals surface area contributed by atoms with Gasteiger partial charge in [-0.15, -0.1) is 0 Å². The lowest BCUT2D eigenvalue weighted by molar-refractivity contribution is 0.102. The summed E-state index contributed by atoms with van der Waals surface area (Å²) < 4.78 is 2.39. The molecular formula is C33H29N3O. The highest BCUT2D eigenvalue weighted by Gasteiger charge is 2.39. The fourth-order valence-corrected chi connectivity index (χ4v) is 6.47. The minimum atomic E-state index is -0.0869. The van der Waals surface area contributed by atoms with Crippen LogP contribution in [-0.2, 0) is 6.54 Å². The minimum Gasteiger partial charge on any atom is -0.377 e. The highest BCUT2D eigenvalue weighted by atomic mass is 16.1. The molecule has 1 aliphatic heterocycles. The molecule has 4 nitrogen and oxygen atoms in total. The third-order valence-electron chi connectivity index (χ3n) is 8.14. The fourth-order valence-electron chi connectivity index (χ4n) is 6.47. The maximum atomic E-state index is 13.4. The van der Waals surface area contributed by atoms with E-state index in [0.717, 1.165) is 24.3 Å². The molecule has 4 heteroatoms. The van der Waals surface area contributed by atoms with Crippen LogP contribution in [0.5, 0.6) is 0 Å². The SMILES string of the molecule is CCn1c2ccccc2c2cc(C3Nc4c(C(=O)Nc5ccccc5)cccc4C4C=CCC43)ccc21. The van der Waals surface area contributed by atoms with Crippen molar-refractivity contribution in [3.63, 3.8) is 0 Å². The number of hydrogen-bond acceptors (Lipinski definition) is 2. The second kappa shape index (κ2) is 8.67. The maximum Gasteiger partial charge on any atom is 0.257 e. The molecule has 0 radical (unpaired) electrons. The lowest BCUT2D eigenvalue weighted by Crippen LogP contribution is -2.30. The van der Waals surface area contributed by atoms with E-state index < -0.39 is 0 Å². The number of para-hydroxylation sites is 3. The van der Waals surface area contributed by atoms with E-state index >= 15 is 0 Å². The number of hydrogen-bond donors (Lipinski definition) is 2. The van der Waals surface area contributed by atoms with Crippen LogP contribution in [0.3, 0.4) is 0 Å². The number of benzene rings is 4. The molecule has 0 bridgehead atoms. The number of rotatable bonds is 4. The van der Waals surface area contributed by atoms with Crippen LogP contribution < -0.4 is 10.6 Å². The van der Waals surface area contributed by atoms with Crippen LogP contribution in [0.2, 0.25) is 0 Å². The van der Waals surface area contributed by atoms with Crippen LogP contribution in [-0.4, -0.2) is 10.5 Å². The van der Waals surface area contributed by atoms with E-state index in [2.05, 4.69) is 82.8 Å². The van der Waals surface area contributed by atoms with Gasteiger partial charge in [0, 0.05) is 40.0 Å². The van der Waals surface area contributed by atoms with Gasteiger partial charge >= 0.3 is 0 Å². The lowest BCUT2D eigenvalue weighted by atomic mass is 9.76. The van der Waals surface area contributed by atoms with Crippen molar-refractivity contribution >= 4 is 39.1 Å². The Labute approximate surface area is 216 Å². The topological polar surface area (TPSA) is 46.1 Å². The first-order valence-electron chi connectivity index (χ1n) is 13.2. The van der Waals surface area contributed by atoms with E-state index in [4.69, 9.17) is 0 Å². The van der Waals surface area contributed by atoms with Crippen molar-refractivity contribution in [1.82, 2.24) is 4.57 Å². The third kappa shape index (κ3) is 3.47. The molecule has 0 spiro atoms. The van der Waals surface area contributed by atoms with Gasteiger partial charge in [-0.2, -0.15) is 0 Å². The summed E-state index contributed by atoms with van der Waals surface area (Å²) in [7, 11) is 0. The summed E-state index contributed by atoms with van der Waals surface area (Å²) in [6.45, 7) is 3.14. The van der Waals surface area contributed by atoms with Crippen LogP contribution >= 0.6 is 0 Å². The monoisotopic (exact) mass is 483 g/mol. The summed E-state index contributed by atoms with van der Waals surface area (Å²) in [5.41, 5.74) is 7.47. The van der Waals surface area contributed by atoms with Gasteiger partial charge in [-0.25, -0.2) is 0 Å². The Morgan fingerprint density at radius 3 is 2.59 bits per heavy atom. The molecule has 1 aromatic heterocycles. The van der Waals surface area contributed by atoms with E-state index in [1.165, 1.54) is 32.9 Å². The summed E-state index contributed by atoms with van der Waals surface area (Å²) in [6.07, 6.45) is 5.66. The number of amides is 1. The standard InChI is InChI=1S/C33H29N3O/c1-2-36-29-17-7-6-12-24(29)28-20-21(18-19-30(28)36)31-25-14-8-13-23(25)26-15-9-16-27(32(26)35-31)33(37)34-22-10-4-3-5-11-22/h3-13,15-20,23,25,31,35H,2,14H2,1H3,(H,34,37). The van der Waals surface area contributed by atoms with Gasteiger partial charge in [-0.1, -0.05) is 66.7 Å². The molecule has 0 saturated heterocycles. The number of aryl methyl sites for hydroxylation is 1. The largest absolute Gasteiger partial charge is 0.377 e. The Kier molecular flexibility index (Phi) is 5.14. The Bertz CT molecular complexity index is 1680. The van der Waals surface area contributed by atoms with Gasteiger partial charge < -0.3 is 15.2 Å². The maximum absolute atomic E-state index is 13.4. The smallest absolute Gasteiger partial charge is 0.257 e. The normalized spacial score (nSPS) is 20.0. The summed E-state index contributed by atoms with van der Waals surface area (Å²) in [6, 6.07) is 31.5. The van der Waals surface area contributed by atoms with Gasteiger partial charge in [0.15, 0.2) is 0 Å². The quantitative estimate of drug-likeness (QED) is 0.255. The number of aromatic nitrogens is 1. The van der Waals surface area contributed by atoms with E-state index in [1.807, 2.05) is 42.5 Å². The van der Waals surface area contributed by atoms with Crippen molar-refractivity contribution in [3.05, 3.63) is 120 Å². The van der Waals surface area contributed by atoms with Crippen molar-refractivity contribution in [1.29, 1.82) is 0 Å². The molecule has 2 heterocycles. The molecule has 37 heavy (non-hydrogen) atoms. The zero-order chi connectivity index (χ0) is 24.9. The second-order valence-corrected chi connectivity index (χ2v) is 10.1. The molecule has 1 aliphatic carbocycles. The van der Waals surface area contributed by atoms with Gasteiger partial charge in [0.2, 0.25) is 0 Å². The fraction of sp³-hybridized carbons (Fsp3) is 0.182.